The van der Waals surface area contributed by atoms with Crippen molar-refractivity contribution in [2.75, 3.05) is 11.9 Å². The van der Waals surface area contributed by atoms with Crippen LogP contribution in [-0.4, -0.2) is 22.7 Å². The molecular formula is C13H19N3O. The van der Waals surface area contributed by atoms with Crippen molar-refractivity contribution in [2.24, 2.45) is 5.41 Å². The Labute approximate surface area is 102 Å². The molecule has 0 aliphatic heterocycles. The van der Waals surface area contributed by atoms with Gasteiger partial charge in [0.05, 0.1) is 11.7 Å². The highest BCUT2D eigenvalue weighted by Gasteiger charge is 2.16. The fourth-order valence-corrected chi connectivity index (χ4v) is 1.57. The van der Waals surface area contributed by atoms with Crippen LogP contribution in [0.4, 0.5) is 5.82 Å². The van der Waals surface area contributed by atoms with E-state index < -0.39 is 6.10 Å². The van der Waals surface area contributed by atoms with Crippen molar-refractivity contribution in [3.05, 3.63) is 23.9 Å². The summed E-state index contributed by atoms with van der Waals surface area (Å²) in [6.07, 6.45) is 1.85. The molecule has 2 N–H and O–H groups in total. The lowest BCUT2D eigenvalue weighted by molar-refractivity contribution is 0.132. The largest absolute Gasteiger partial charge is 0.391 e. The minimum absolute atomic E-state index is 0.110. The van der Waals surface area contributed by atoms with Crippen molar-refractivity contribution in [1.29, 1.82) is 5.26 Å². The molecule has 1 heterocycles. The lowest BCUT2D eigenvalue weighted by atomic mass is 9.89. The predicted molar refractivity (Wildman–Crippen MR) is 67.5 cm³/mol. The van der Waals surface area contributed by atoms with E-state index in [1.165, 1.54) is 6.20 Å². The molecular weight excluding hydrogens is 214 g/mol. The molecule has 0 aliphatic rings. The van der Waals surface area contributed by atoms with E-state index in [9.17, 15) is 5.11 Å². The van der Waals surface area contributed by atoms with Crippen molar-refractivity contribution in [3.8, 4) is 6.07 Å². The molecule has 0 spiro atoms. The van der Waals surface area contributed by atoms with Gasteiger partial charge in [0.15, 0.2) is 0 Å². The fraction of sp³-hybridized carbons (Fsp3) is 0.538. The highest BCUT2D eigenvalue weighted by molar-refractivity contribution is 5.38. The molecule has 0 aliphatic carbocycles. The number of aliphatic hydroxyl groups excluding tert-OH is 1. The summed E-state index contributed by atoms with van der Waals surface area (Å²) < 4.78 is 0. The van der Waals surface area contributed by atoms with E-state index in [1.807, 2.05) is 6.07 Å². The Morgan fingerprint density at radius 3 is 2.65 bits per heavy atom. The summed E-state index contributed by atoms with van der Waals surface area (Å²) in [5, 5.41) is 21.5. The molecule has 0 radical (unpaired) electrons. The normalized spacial score (nSPS) is 12.9. The van der Waals surface area contributed by atoms with Crippen molar-refractivity contribution >= 4 is 5.82 Å². The zero-order valence-corrected chi connectivity index (χ0v) is 10.6. The van der Waals surface area contributed by atoms with E-state index >= 15 is 0 Å². The van der Waals surface area contributed by atoms with Crippen LogP contribution in [0.25, 0.3) is 0 Å². The van der Waals surface area contributed by atoms with Crippen LogP contribution in [0.2, 0.25) is 0 Å². The summed E-state index contributed by atoms with van der Waals surface area (Å²) in [7, 11) is 0. The Balaban J connectivity index is 2.42. The number of nitrogens with zero attached hydrogens (tertiary/aromatic N) is 2. The Bertz CT molecular complexity index is 387. The number of nitrogens with one attached hydrogen (secondary N) is 1. The van der Waals surface area contributed by atoms with Crippen molar-refractivity contribution in [2.45, 2.75) is 33.3 Å². The second-order valence-electron chi connectivity index (χ2n) is 5.34. The van der Waals surface area contributed by atoms with E-state index in [2.05, 4.69) is 31.1 Å². The molecule has 1 atom stereocenters. The lowest BCUT2D eigenvalue weighted by Gasteiger charge is -2.22. The molecule has 0 fully saturated rings. The van der Waals surface area contributed by atoms with Crippen LogP contribution in [0.3, 0.4) is 0 Å². The number of pyridine rings is 1. The van der Waals surface area contributed by atoms with Crippen LogP contribution < -0.4 is 5.32 Å². The standard InChI is InChI=1S/C13H19N3O/c1-13(2,3)6-11(17)9-16-12-5-4-10(7-14)8-15-12/h4-5,8,11,17H,6,9H2,1-3H3,(H,15,16). The van der Waals surface area contributed by atoms with Gasteiger partial charge in [-0.1, -0.05) is 20.8 Å². The third-order valence-electron chi connectivity index (χ3n) is 2.26. The summed E-state index contributed by atoms with van der Waals surface area (Å²) >= 11 is 0. The Kier molecular flexibility index (Phi) is 4.47. The van der Waals surface area contributed by atoms with Crippen molar-refractivity contribution in [1.82, 2.24) is 4.98 Å². The first kappa shape index (κ1) is 13.5. The number of hydrogen-bond donors (Lipinski definition) is 2. The second kappa shape index (κ2) is 5.65. The molecule has 1 unspecified atom stereocenters. The SMILES string of the molecule is CC(C)(C)CC(O)CNc1ccc(C#N)cn1. The summed E-state index contributed by atoms with van der Waals surface area (Å²) in [4.78, 5) is 4.07. The highest BCUT2D eigenvalue weighted by Crippen LogP contribution is 2.20. The molecule has 0 amide bonds. The summed E-state index contributed by atoms with van der Waals surface area (Å²) in [5.74, 6) is 0.678. The molecule has 4 nitrogen and oxygen atoms in total. The molecule has 92 valence electrons. The zero-order valence-electron chi connectivity index (χ0n) is 10.6. The van der Waals surface area contributed by atoms with E-state index in [0.717, 1.165) is 6.42 Å². The molecule has 1 aromatic heterocycles. The van der Waals surface area contributed by atoms with Crippen LogP contribution in [-0.2, 0) is 0 Å². The zero-order chi connectivity index (χ0) is 12.9. The Morgan fingerprint density at radius 2 is 2.18 bits per heavy atom. The monoisotopic (exact) mass is 233 g/mol. The fourth-order valence-electron chi connectivity index (χ4n) is 1.57. The minimum Gasteiger partial charge on any atom is -0.391 e. The van der Waals surface area contributed by atoms with Crippen LogP contribution in [0, 0.1) is 16.7 Å². The van der Waals surface area contributed by atoms with E-state index in [1.54, 1.807) is 12.1 Å². The number of aliphatic hydroxyl groups is 1. The summed E-state index contributed by atoms with van der Waals surface area (Å²) in [6, 6.07) is 5.45. The third-order valence-corrected chi connectivity index (χ3v) is 2.26. The Morgan fingerprint density at radius 1 is 1.47 bits per heavy atom. The lowest BCUT2D eigenvalue weighted by Crippen LogP contribution is -2.25. The number of hydrogen-bond acceptors (Lipinski definition) is 4. The maximum atomic E-state index is 9.80. The summed E-state index contributed by atoms with van der Waals surface area (Å²) in [5.41, 5.74) is 0.643. The first-order valence-corrected chi connectivity index (χ1v) is 5.69. The van der Waals surface area contributed by atoms with Gasteiger partial charge in [0.1, 0.15) is 11.9 Å². The van der Waals surface area contributed by atoms with Gasteiger partial charge in [-0.05, 0) is 24.0 Å². The molecule has 17 heavy (non-hydrogen) atoms. The maximum absolute atomic E-state index is 9.80. The topological polar surface area (TPSA) is 68.9 Å². The molecule has 4 heteroatoms. The van der Waals surface area contributed by atoms with Crippen molar-refractivity contribution < 1.29 is 5.11 Å². The number of nitriles is 1. The van der Waals surface area contributed by atoms with Gasteiger partial charge in [-0.2, -0.15) is 5.26 Å². The maximum Gasteiger partial charge on any atom is 0.126 e. The first-order valence-electron chi connectivity index (χ1n) is 5.69. The van der Waals surface area contributed by atoms with Gasteiger partial charge in [-0.3, -0.25) is 0 Å². The van der Waals surface area contributed by atoms with E-state index in [-0.39, 0.29) is 5.41 Å². The van der Waals surface area contributed by atoms with Crippen molar-refractivity contribution in [3.63, 3.8) is 0 Å². The Hall–Kier alpha value is -1.60. The average Bonchev–Trinajstić information content (AvgIpc) is 2.25. The minimum atomic E-state index is -0.396. The van der Waals surface area contributed by atoms with Gasteiger partial charge in [0, 0.05) is 12.7 Å². The van der Waals surface area contributed by atoms with E-state index in [0.29, 0.717) is 17.9 Å². The smallest absolute Gasteiger partial charge is 0.126 e. The molecule has 0 bridgehead atoms. The second-order valence-corrected chi connectivity index (χ2v) is 5.34. The predicted octanol–water partition coefficient (Wildman–Crippen LogP) is 2.16. The van der Waals surface area contributed by atoms with E-state index in [4.69, 9.17) is 5.26 Å². The third kappa shape index (κ3) is 5.32. The van der Waals surface area contributed by atoms with Gasteiger partial charge < -0.3 is 10.4 Å². The van der Waals surface area contributed by atoms with Crippen LogP contribution in [0.5, 0.6) is 0 Å². The first-order chi connectivity index (χ1) is 7.90. The molecule has 0 aromatic carbocycles. The number of rotatable bonds is 4. The van der Waals surface area contributed by atoms with Gasteiger partial charge in [-0.25, -0.2) is 4.98 Å². The average molecular weight is 233 g/mol. The van der Waals surface area contributed by atoms with Gasteiger partial charge in [-0.15, -0.1) is 0 Å². The van der Waals surface area contributed by atoms with Crippen LogP contribution in [0.1, 0.15) is 32.8 Å². The molecule has 1 aromatic rings. The van der Waals surface area contributed by atoms with Crippen LogP contribution in [0.15, 0.2) is 18.3 Å². The van der Waals surface area contributed by atoms with Crippen LogP contribution >= 0.6 is 0 Å². The number of aromatic nitrogens is 1. The van der Waals surface area contributed by atoms with Gasteiger partial charge in [0.2, 0.25) is 0 Å². The molecule has 0 saturated carbocycles. The molecule has 1 rings (SSSR count). The quantitative estimate of drug-likeness (QED) is 0.836. The summed E-state index contributed by atoms with van der Waals surface area (Å²) in [6.45, 7) is 6.75. The van der Waals surface area contributed by atoms with Gasteiger partial charge >= 0.3 is 0 Å². The highest BCUT2D eigenvalue weighted by atomic mass is 16.3. The molecule has 0 saturated heterocycles. The number of anilines is 1. The van der Waals surface area contributed by atoms with Gasteiger partial charge in [0.25, 0.3) is 0 Å².